The Hall–Kier alpha value is -1.56. The van der Waals surface area contributed by atoms with Crippen LogP contribution in [0.4, 0.5) is 0 Å². The van der Waals surface area contributed by atoms with Gasteiger partial charge in [-0.3, -0.25) is 9.59 Å². The Bertz CT molecular complexity index is 895. The van der Waals surface area contributed by atoms with Crippen molar-refractivity contribution in [3.63, 3.8) is 0 Å². The maximum Gasteiger partial charge on any atom is 0.225 e. The third kappa shape index (κ3) is 1.90. The van der Waals surface area contributed by atoms with E-state index >= 15 is 0 Å². The van der Waals surface area contributed by atoms with Crippen LogP contribution in [0.25, 0.3) is 0 Å². The number of piperidine rings is 1. The van der Waals surface area contributed by atoms with Gasteiger partial charge < -0.3 is 14.4 Å². The van der Waals surface area contributed by atoms with Crippen LogP contribution in [0, 0.1) is 11.8 Å². The number of ketones is 1. The summed E-state index contributed by atoms with van der Waals surface area (Å²) in [6, 6.07) is 2.13. The van der Waals surface area contributed by atoms with Crippen LogP contribution in [0.15, 0.2) is 10.5 Å². The number of rotatable bonds is 2. The molecule has 0 N–H and O–H groups in total. The molecule has 0 aromatic heterocycles. The highest BCUT2D eigenvalue weighted by molar-refractivity contribution is 9.10. The second kappa shape index (κ2) is 5.28. The Morgan fingerprint density at radius 1 is 1.37 bits per heavy atom. The van der Waals surface area contributed by atoms with E-state index in [2.05, 4.69) is 20.8 Å². The van der Waals surface area contributed by atoms with Gasteiger partial charge in [0.15, 0.2) is 23.4 Å². The largest absolute Gasteiger partial charge is 0.493 e. The quantitative estimate of drug-likeness (QED) is 0.721. The minimum absolute atomic E-state index is 0.175. The molecule has 1 spiro atoms. The number of methoxy groups -OCH3 is 1. The first kappa shape index (κ1) is 16.4. The Balaban J connectivity index is 1.57. The van der Waals surface area contributed by atoms with Gasteiger partial charge in [-0.2, -0.15) is 0 Å². The van der Waals surface area contributed by atoms with E-state index in [0.717, 1.165) is 48.9 Å². The van der Waals surface area contributed by atoms with Crippen molar-refractivity contribution in [1.29, 1.82) is 0 Å². The summed E-state index contributed by atoms with van der Waals surface area (Å²) in [6.45, 7) is 0.733. The van der Waals surface area contributed by atoms with Crippen LogP contribution in [0.3, 0.4) is 0 Å². The van der Waals surface area contributed by atoms with Gasteiger partial charge in [0.05, 0.1) is 12.5 Å². The Morgan fingerprint density at radius 2 is 2.19 bits per heavy atom. The second-order valence-electron chi connectivity index (χ2n) is 8.72. The SMILES string of the molecule is COc1cc(Br)c2c3c1OC1C(=O)CCC4C(C2)N(C(=O)C2CC2)CCC314. The molecule has 1 aromatic rings. The molecule has 2 heterocycles. The van der Waals surface area contributed by atoms with Gasteiger partial charge in [-0.1, -0.05) is 15.9 Å². The van der Waals surface area contributed by atoms with Crippen molar-refractivity contribution in [2.45, 2.75) is 56.1 Å². The first-order chi connectivity index (χ1) is 13.1. The maximum absolute atomic E-state index is 13.0. The number of hydrogen-bond donors (Lipinski definition) is 0. The average Bonchev–Trinajstić information content (AvgIpc) is 3.45. The van der Waals surface area contributed by atoms with Crippen molar-refractivity contribution in [3.05, 3.63) is 21.7 Å². The summed E-state index contributed by atoms with van der Waals surface area (Å²) in [5.41, 5.74) is 2.10. The Kier molecular flexibility index (Phi) is 3.21. The van der Waals surface area contributed by atoms with Crippen molar-refractivity contribution in [1.82, 2.24) is 4.90 Å². The van der Waals surface area contributed by atoms with E-state index in [1.54, 1.807) is 7.11 Å². The lowest BCUT2D eigenvalue weighted by Crippen LogP contribution is -2.67. The third-order valence-electron chi connectivity index (χ3n) is 7.60. The van der Waals surface area contributed by atoms with Crippen LogP contribution >= 0.6 is 15.9 Å². The molecule has 4 unspecified atom stereocenters. The van der Waals surface area contributed by atoms with Crippen LogP contribution in [-0.2, 0) is 21.4 Å². The smallest absolute Gasteiger partial charge is 0.225 e. The summed E-state index contributed by atoms with van der Waals surface area (Å²) in [4.78, 5) is 28.0. The van der Waals surface area contributed by atoms with Gasteiger partial charge in [0.1, 0.15) is 0 Å². The minimum atomic E-state index is -0.422. The monoisotopic (exact) mass is 431 g/mol. The van der Waals surface area contributed by atoms with E-state index in [1.807, 2.05) is 6.07 Å². The molecule has 6 rings (SSSR count). The zero-order valence-corrected chi connectivity index (χ0v) is 16.9. The molecule has 4 atom stereocenters. The number of nitrogens with zero attached hydrogens (tertiary/aromatic N) is 1. The van der Waals surface area contributed by atoms with Crippen LogP contribution in [-0.4, -0.2) is 42.4 Å². The molecule has 142 valence electrons. The van der Waals surface area contributed by atoms with E-state index in [4.69, 9.17) is 9.47 Å². The van der Waals surface area contributed by atoms with Gasteiger partial charge in [0.2, 0.25) is 5.91 Å². The van der Waals surface area contributed by atoms with Crippen molar-refractivity contribution >= 4 is 27.6 Å². The van der Waals surface area contributed by atoms with Crippen LogP contribution in [0.2, 0.25) is 0 Å². The van der Waals surface area contributed by atoms with Crippen molar-refractivity contribution in [2.24, 2.45) is 11.8 Å². The fourth-order valence-electron chi connectivity index (χ4n) is 6.35. The van der Waals surface area contributed by atoms with Gasteiger partial charge in [-0.05, 0) is 49.7 Å². The molecule has 6 heteroatoms. The van der Waals surface area contributed by atoms with E-state index in [0.29, 0.717) is 24.0 Å². The van der Waals surface area contributed by atoms with Gasteiger partial charge in [0.25, 0.3) is 0 Å². The molecule has 27 heavy (non-hydrogen) atoms. The number of benzene rings is 1. The zero-order chi connectivity index (χ0) is 18.5. The fourth-order valence-corrected chi connectivity index (χ4v) is 6.91. The second-order valence-corrected chi connectivity index (χ2v) is 9.57. The Labute approximate surface area is 166 Å². The van der Waals surface area contributed by atoms with Gasteiger partial charge in [-0.25, -0.2) is 0 Å². The highest BCUT2D eigenvalue weighted by Crippen LogP contribution is 2.64. The van der Waals surface area contributed by atoms with Crippen LogP contribution < -0.4 is 9.47 Å². The number of carbonyl (C=O) groups excluding carboxylic acids is 2. The molecular weight excluding hydrogens is 410 g/mol. The number of amides is 1. The third-order valence-corrected chi connectivity index (χ3v) is 8.31. The molecular formula is C21H22BrNO4. The lowest BCUT2D eigenvalue weighted by Gasteiger charge is -2.57. The summed E-state index contributed by atoms with van der Waals surface area (Å²) in [5.74, 6) is 2.53. The molecule has 1 amide bonds. The lowest BCUT2D eigenvalue weighted by molar-refractivity contribution is -0.149. The highest BCUT2D eigenvalue weighted by atomic mass is 79.9. The fraction of sp³-hybridized carbons (Fsp3) is 0.619. The van der Waals surface area contributed by atoms with E-state index in [1.165, 1.54) is 11.1 Å². The predicted octanol–water partition coefficient (Wildman–Crippen LogP) is 3.00. The molecule has 2 aliphatic heterocycles. The number of halogens is 1. The zero-order valence-electron chi connectivity index (χ0n) is 15.3. The van der Waals surface area contributed by atoms with Gasteiger partial charge in [0, 0.05) is 35.0 Å². The Morgan fingerprint density at radius 3 is 2.93 bits per heavy atom. The molecule has 5 aliphatic rings. The topological polar surface area (TPSA) is 55.8 Å². The van der Waals surface area contributed by atoms with Gasteiger partial charge in [-0.15, -0.1) is 0 Å². The first-order valence-electron chi connectivity index (χ1n) is 9.96. The average molecular weight is 432 g/mol. The molecule has 2 saturated carbocycles. The summed E-state index contributed by atoms with van der Waals surface area (Å²) >= 11 is 3.74. The van der Waals surface area contributed by atoms with Crippen LogP contribution in [0.1, 0.15) is 43.2 Å². The van der Waals surface area contributed by atoms with E-state index in [-0.39, 0.29) is 23.2 Å². The maximum atomic E-state index is 13.0. The summed E-state index contributed by atoms with van der Waals surface area (Å²) in [5, 5.41) is 0. The van der Waals surface area contributed by atoms with Gasteiger partial charge >= 0.3 is 0 Å². The molecule has 5 nitrogen and oxygen atoms in total. The molecule has 2 bridgehead atoms. The number of Topliss-reactive ketones (excluding diaryl/α,β-unsaturated/α-hetero) is 1. The van der Waals surface area contributed by atoms with Crippen molar-refractivity contribution < 1.29 is 19.1 Å². The normalized spacial score (nSPS) is 35.6. The minimum Gasteiger partial charge on any atom is -0.493 e. The summed E-state index contributed by atoms with van der Waals surface area (Å²) < 4.78 is 12.9. The molecule has 3 aliphatic carbocycles. The number of carbonyl (C=O) groups is 2. The van der Waals surface area contributed by atoms with Crippen LogP contribution in [0.5, 0.6) is 11.5 Å². The summed E-state index contributed by atoms with van der Waals surface area (Å²) in [6.07, 6.45) is 4.68. The molecule has 0 radical (unpaired) electrons. The molecule has 1 aromatic carbocycles. The number of likely N-dealkylation sites (tertiary alicyclic amines) is 1. The molecule has 1 saturated heterocycles. The standard InChI is InChI=1S/C21H22BrNO4/c1-26-16-9-13(22)11-8-14-12-4-5-15(24)19-21(12,17(11)18(16)27-19)6-7-23(14)20(25)10-2-3-10/h9-10,12,14,19H,2-8H2,1H3. The first-order valence-corrected chi connectivity index (χ1v) is 10.7. The summed E-state index contributed by atoms with van der Waals surface area (Å²) in [7, 11) is 1.65. The number of hydrogen-bond acceptors (Lipinski definition) is 4. The van der Waals surface area contributed by atoms with E-state index < -0.39 is 6.10 Å². The number of ether oxygens (including phenoxy) is 2. The highest BCUT2D eigenvalue weighted by Gasteiger charge is 2.67. The lowest BCUT2D eigenvalue weighted by atomic mass is 9.51. The van der Waals surface area contributed by atoms with Crippen molar-refractivity contribution in [2.75, 3.05) is 13.7 Å². The van der Waals surface area contributed by atoms with Crippen molar-refractivity contribution in [3.8, 4) is 11.5 Å². The van der Waals surface area contributed by atoms with E-state index in [9.17, 15) is 9.59 Å². The molecule has 3 fully saturated rings. The predicted molar refractivity (Wildman–Crippen MR) is 101 cm³/mol.